The molecule has 11 nitrogen and oxygen atoms in total. The Balaban J connectivity index is 2.85. The molecule has 0 radical (unpaired) electrons. The van der Waals surface area contributed by atoms with Crippen molar-refractivity contribution in [3.8, 4) is 0 Å². The lowest BCUT2D eigenvalue weighted by molar-refractivity contribution is -0.143. The van der Waals surface area contributed by atoms with E-state index < -0.39 is 48.3 Å². The molecule has 1 heterocycles. The van der Waals surface area contributed by atoms with Crippen LogP contribution in [0.4, 0.5) is 0 Å². The van der Waals surface area contributed by atoms with E-state index in [1.54, 1.807) is 0 Å². The molecule has 0 aliphatic heterocycles. The van der Waals surface area contributed by atoms with Gasteiger partial charge in [-0.05, 0) is 12.8 Å². The Morgan fingerprint density at radius 2 is 1.81 bits per heavy atom. The molecule has 1 aromatic rings. The van der Waals surface area contributed by atoms with Crippen LogP contribution in [-0.2, 0) is 25.6 Å². The minimum atomic E-state index is -1.39. The summed E-state index contributed by atoms with van der Waals surface area (Å²) < 4.78 is 0. The molecule has 0 saturated carbocycles. The lowest BCUT2D eigenvalue weighted by Crippen LogP contribution is -2.55. The van der Waals surface area contributed by atoms with Crippen molar-refractivity contribution in [1.29, 1.82) is 0 Å². The largest absolute Gasteiger partial charge is 0.481 e. The van der Waals surface area contributed by atoms with E-state index in [0.29, 0.717) is 18.5 Å². The second-order valence-electron chi connectivity index (χ2n) is 6.05. The highest BCUT2D eigenvalue weighted by molar-refractivity contribution is 5.92. The number of rotatable bonds is 12. The normalized spacial score (nSPS) is 14.0. The van der Waals surface area contributed by atoms with E-state index in [1.807, 2.05) is 6.92 Å². The van der Waals surface area contributed by atoms with Gasteiger partial charge in [-0.1, -0.05) is 13.3 Å². The van der Waals surface area contributed by atoms with Crippen molar-refractivity contribution in [3.63, 3.8) is 0 Å². The van der Waals surface area contributed by atoms with E-state index in [4.69, 9.17) is 10.8 Å². The molecule has 0 bridgehead atoms. The van der Waals surface area contributed by atoms with Crippen LogP contribution >= 0.6 is 0 Å². The Kier molecular flexibility index (Phi) is 8.93. The van der Waals surface area contributed by atoms with Crippen molar-refractivity contribution >= 4 is 23.8 Å². The van der Waals surface area contributed by atoms with Gasteiger partial charge in [-0.15, -0.1) is 0 Å². The third-order valence-electron chi connectivity index (χ3n) is 3.80. The fraction of sp³-hybridized carbons (Fsp3) is 0.562. The zero-order chi connectivity index (χ0) is 20.4. The third kappa shape index (κ3) is 7.86. The van der Waals surface area contributed by atoms with Gasteiger partial charge in [-0.2, -0.15) is 0 Å². The molecule has 1 rings (SSSR count). The van der Waals surface area contributed by atoms with E-state index in [1.165, 1.54) is 12.5 Å². The molecular weight excluding hydrogens is 358 g/mol. The van der Waals surface area contributed by atoms with Gasteiger partial charge >= 0.3 is 11.9 Å². The molecule has 0 aromatic carbocycles. The Morgan fingerprint density at radius 1 is 1.15 bits per heavy atom. The lowest BCUT2D eigenvalue weighted by atomic mass is 10.1. The molecule has 27 heavy (non-hydrogen) atoms. The highest BCUT2D eigenvalue weighted by atomic mass is 16.4. The van der Waals surface area contributed by atoms with E-state index in [9.17, 15) is 24.3 Å². The number of amides is 2. The molecule has 0 spiro atoms. The summed E-state index contributed by atoms with van der Waals surface area (Å²) in [4.78, 5) is 53.3. The fourth-order valence-electron chi connectivity index (χ4n) is 2.34. The highest BCUT2D eigenvalue weighted by Crippen LogP contribution is 2.04. The summed E-state index contributed by atoms with van der Waals surface area (Å²) in [6.07, 6.45) is 3.37. The smallest absolute Gasteiger partial charge is 0.326 e. The molecule has 11 heteroatoms. The Bertz CT molecular complexity index is 648. The fourth-order valence-corrected chi connectivity index (χ4v) is 2.34. The summed E-state index contributed by atoms with van der Waals surface area (Å²) in [5, 5.41) is 22.7. The van der Waals surface area contributed by atoms with Crippen molar-refractivity contribution in [2.45, 2.75) is 57.2 Å². The van der Waals surface area contributed by atoms with Crippen molar-refractivity contribution < 1.29 is 29.4 Å². The predicted molar refractivity (Wildman–Crippen MR) is 93.5 cm³/mol. The van der Waals surface area contributed by atoms with Crippen LogP contribution in [0.25, 0.3) is 0 Å². The summed E-state index contributed by atoms with van der Waals surface area (Å²) in [7, 11) is 0. The first-order valence-corrected chi connectivity index (χ1v) is 8.53. The van der Waals surface area contributed by atoms with Crippen molar-refractivity contribution in [1.82, 2.24) is 20.6 Å². The van der Waals surface area contributed by atoms with Gasteiger partial charge < -0.3 is 31.6 Å². The van der Waals surface area contributed by atoms with E-state index >= 15 is 0 Å². The van der Waals surface area contributed by atoms with Crippen LogP contribution in [0.1, 0.15) is 38.3 Å². The van der Waals surface area contributed by atoms with Crippen LogP contribution in [0.5, 0.6) is 0 Å². The molecule has 7 N–H and O–H groups in total. The highest BCUT2D eigenvalue weighted by Gasteiger charge is 2.28. The number of carbonyl (C=O) groups excluding carboxylic acids is 2. The number of hydrogen-bond acceptors (Lipinski definition) is 6. The van der Waals surface area contributed by atoms with Gasteiger partial charge in [-0.25, -0.2) is 9.78 Å². The van der Waals surface area contributed by atoms with Crippen molar-refractivity contribution in [2.75, 3.05) is 0 Å². The van der Waals surface area contributed by atoms with Crippen LogP contribution in [0.2, 0.25) is 0 Å². The van der Waals surface area contributed by atoms with Crippen molar-refractivity contribution in [2.24, 2.45) is 5.73 Å². The second-order valence-corrected chi connectivity index (χ2v) is 6.05. The van der Waals surface area contributed by atoms with Gasteiger partial charge in [0.1, 0.15) is 12.1 Å². The number of aromatic amines is 1. The van der Waals surface area contributed by atoms with Gasteiger partial charge in [0.05, 0.1) is 18.1 Å². The van der Waals surface area contributed by atoms with Crippen LogP contribution in [0, 0.1) is 0 Å². The number of carboxylic acid groups (broad SMARTS) is 2. The molecular formula is C16H25N5O6. The van der Waals surface area contributed by atoms with Gasteiger partial charge in [-0.3, -0.25) is 14.4 Å². The summed E-state index contributed by atoms with van der Waals surface area (Å²) in [5.74, 6) is -3.84. The Labute approximate surface area is 155 Å². The van der Waals surface area contributed by atoms with Crippen molar-refractivity contribution in [3.05, 3.63) is 18.2 Å². The topological polar surface area (TPSA) is 187 Å². The van der Waals surface area contributed by atoms with Gasteiger partial charge in [0.15, 0.2) is 0 Å². The van der Waals surface area contributed by atoms with Gasteiger partial charge in [0.25, 0.3) is 0 Å². The number of nitrogens with zero attached hydrogens (tertiary/aromatic N) is 1. The second kappa shape index (κ2) is 10.9. The summed E-state index contributed by atoms with van der Waals surface area (Å²) >= 11 is 0. The Hall–Kier alpha value is -2.95. The molecule has 0 unspecified atom stereocenters. The molecule has 0 aliphatic carbocycles. The Morgan fingerprint density at radius 3 is 2.33 bits per heavy atom. The number of aromatic nitrogens is 2. The molecule has 150 valence electrons. The maximum absolute atomic E-state index is 12.5. The third-order valence-corrected chi connectivity index (χ3v) is 3.80. The summed E-state index contributed by atoms with van der Waals surface area (Å²) in [6.45, 7) is 1.86. The predicted octanol–water partition coefficient (Wildman–Crippen LogP) is -1.00. The number of carboxylic acids is 2. The molecule has 3 atom stereocenters. The number of H-pyrrole nitrogens is 1. The first-order chi connectivity index (χ1) is 12.7. The van der Waals surface area contributed by atoms with E-state index in [2.05, 4.69) is 20.6 Å². The van der Waals surface area contributed by atoms with Gasteiger partial charge in [0.2, 0.25) is 11.8 Å². The molecule has 1 aromatic heterocycles. The first-order valence-electron chi connectivity index (χ1n) is 8.53. The molecule has 0 saturated heterocycles. The average molecular weight is 383 g/mol. The van der Waals surface area contributed by atoms with Crippen LogP contribution in [0.15, 0.2) is 12.5 Å². The lowest BCUT2D eigenvalue weighted by Gasteiger charge is -2.22. The van der Waals surface area contributed by atoms with Crippen LogP contribution in [0.3, 0.4) is 0 Å². The van der Waals surface area contributed by atoms with E-state index in [-0.39, 0.29) is 12.8 Å². The first kappa shape index (κ1) is 22.1. The minimum Gasteiger partial charge on any atom is -0.481 e. The average Bonchev–Trinajstić information content (AvgIpc) is 3.10. The van der Waals surface area contributed by atoms with Crippen LogP contribution < -0.4 is 16.4 Å². The SMILES string of the molecule is CCC[C@H](N)C(=O)N[C@@H](Cc1c[nH]cn1)C(=O)N[C@@H](CCC(=O)O)C(=O)O. The molecule has 0 fully saturated rings. The maximum atomic E-state index is 12.5. The zero-order valence-electron chi connectivity index (χ0n) is 15.0. The van der Waals surface area contributed by atoms with Gasteiger partial charge in [0, 0.05) is 19.0 Å². The summed E-state index contributed by atoms with van der Waals surface area (Å²) in [5.41, 5.74) is 6.24. The standard InChI is InChI=1S/C16H25N5O6/c1-2-3-10(17)14(24)21-12(6-9-7-18-8-19-9)15(25)20-11(16(26)27)4-5-13(22)23/h7-8,10-12H,2-6,17H2,1H3,(H,18,19)(H,20,25)(H,21,24)(H,22,23)(H,26,27)/t10-,11-,12-/m0/s1. The number of aliphatic carboxylic acids is 2. The molecule has 0 aliphatic rings. The molecule has 2 amide bonds. The summed E-state index contributed by atoms with van der Waals surface area (Å²) in [6, 6.07) is -3.29. The number of nitrogens with one attached hydrogen (secondary N) is 3. The zero-order valence-corrected chi connectivity index (χ0v) is 15.0. The number of imidazole rings is 1. The number of nitrogens with two attached hydrogens (primary N) is 1. The monoisotopic (exact) mass is 383 g/mol. The van der Waals surface area contributed by atoms with E-state index in [0.717, 1.165) is 0 Å². The quantitative estimate of drug-likeness (QED) is 0.265. The number of hydrogen-bond donors (Lipinski definition) is 6. The van der Waals surface area contributed by atoms with Crippen LogP contribution in [-0.4, -0.2) is 62.1 Å². The number of carbonyl (C=O) groups is 4. The maximum Gasteiger partial charge on any atom is 0.326 e. The minimum absolute atomic E-state index is 0.0190.